The van der Waals surface area contributed by atoms with E-state index < -0.39 is 0 Å². The predicted octanol–water partition coefficient (Wildman–Crippen LogP) is 2.42. The lowest BCUT2D eigenvalue weighted by Crippen LogP contribution is -2.32. The van der Waals surface area contributed by atoms with Crippen LogP contribution in [0.25, 0.3) is 0 Å². The lowest BCUT2D eigenvalue weighted by Gasteiger charge is -2.06. The number of benzene rings is 1. The highest BCUT2D eigenvalue weighted by molar-refractivity contribution is 7.80. The number of nitrogens with one attached hydrogen (secondary N) is 2. The molecule has 1 rings (SSSR count). The third-order valence-electron chi connectivity index (χ3n) is 2.85. The molecule has 4 nitrogen and oxygen atoms in total. The highest BCUT2D eigenvalue weighted by Crippen LogP contribution is 2.04. The fraction of sp³-hybridized carbons (Fsp3) is 0.611. The van der Waals surface area contributed by atoms with Gasteiger partial charge in [-0.05, 0) is 36.6 Å². The molecule has 0 spiro atoms. The van der Waals surface area contributed by atoms with Crippen LogP contribution in [0, 0.1) is 0 Å². The molecule has 1 amide bonds. The fourth-order valence-corrected chi connectivity index (χ4v) is 1.81. The van der Waals surface area contributed by atoms with E-state index in [2.05, 4.69) is 35.4 Å². The molecule has 23 heavy (non-hydrogen) atoms. The summed E-state index contributed by atoms with van der Waals surface area (Å²) in [5.74, 6) is 0.111. The Hall–Kier alpha value is -1.04. The van der Waals surface area contributed by atoms with Crippen LogP contribution in [0.4, 0.5) is 0 Å². The summed E-state index contributed by atoms with van der Waals surface area (Å²) in [6.45, 7) is 6.46. The summed E-state index contributed by atoms with van der Waals surface area (Å²) < 4.78 is 0. The third kappa shape index (κ3) is 17.2. The van der Waals surface area contributed by atoms with Gasteiger partial charge in [0.05, 0.1) is 0 Å². The minimum absolute atomic E-state index is 0.111. The molecule has 0 aliphatic rings. The molecule has 1 aromatic carbocycles. The summed E-state index contributed by atoms with van der Waals surface area (Å²) in [6.07, 6.45) is 3.16. The Kier molecular flexibility index (Phi) is 15.1. The smallest absolute Gasteiger partial charge is 0.220 e. The maximum Gasteiger partial charge on any atom is 0.220 e. The molecule has 0 radical (unpaired) electrons. The number of thiol groups is 1. The van der Waals surface area contributed by atoms with Crippen LogP contribution in [-0.4, -0.2) is 42.5 Å². The van der Waals surface area contributed by atoms with Crippen molar-refractivity contribution in [2.45, 2.75) is 44.8 Å². The van der Waals surface area contributed by atoms with Crippen LogP contribution in [0.15, 0.2) is 30.3 Å². The van der Waals surface area contributed by atoms with Gasteiger partial charge in [0.15, 0.2) is 0 Å². The van der Waals surface area contributed by atoms with Crippen molar-refractivity contribution in [1.29, 1.82) is 0 Å². The summed E-state index contributed by atoms with van der Waals surface area (Å²) in [4.78, 5) is 11.5. The molecular weight excluding hydrogens is 308 g/mol. The van der Waals surface area contributed by atoms with Gasteiger partial charge < -0.3 is 15.7 Å². The van der Waals surface area contributed by atoms with Gasteiger partial charge in [0.2, 0.25) is 5.91 Å². The zero-order chi connectivity index (χ0) is 17.3. The van der Waals surface area contributed by atoms with Crippen molar-refractivity contribution in [2.24, 2.45) is 0 Å². The Morgan fingerprint density at radius 1 is 1.13 bits per heavy atom. The molecule has 5 heteroatoms. The van der Waals surface area contributed by atoms with Crippen LogP contribution in [0.5, 0.6) is 0 Å². The molecule has 0 saturated carbocycles. The number of amides is 1. The Balaban J connectivity index is 0.00000108. The average Bonchev–Trinajstić information content (AvgIpc) is 2.51. The number of aryl methyl sites for hydroxylation is 1. The maximum absolute atomic E-state index is 11.5. The fourth-order valence-electron chi connectivity index (χ4n) is 1.81. The van der Waals surface area contributed by atoms with Gasteiger partial charge in [0.1, 0.15) is 0 Å². The van der Waals surface area contributed by atoms with Crippen LogP contribution in [0.1, 0.15) is 38.7 Å². The second-order valence-corrected chi connectivity index (χ2v) is 6.64. The van der Waals surface area contributed by atoms with Crippen molar-refractivity contribution in [2.75, 3.05) is 26.2 Å². The molecular formula is C18H32N2O2S. The maximum atomic E-state index is 11.5. The summed E-state index contributed by atoms with van der Waals surface area (Å²) >= 11 is 3.97. The molecule has 132 valence electrons. The summed E-state index contributed by atoms with van der Waals surface area (Å²) in [5.41, 5.74) is 1.28. The monoisotopic (exact) mass is 340 g/mol. The molecule has 3 N–H and O–H groups in total. The number of aliphatic hydroxyl groups excluding tert-OH is 1. The summed E-state index contributed by atoms with van der Waals surface area (Å²) in [5, 5.41) is 15.2. The molecule has 0 aliphatic heterocycles. The quantitative estimate of drug-likeness (QED) is 0.391. The predicted molar refractivity (Wildman–Crippen MR) is 101 cm³/mol. The van der Waals surface area contributed by atoms with E-state index >= 15 is 0 Å². The van der Waals surface area contributed by atoms with Gasteiger partial charge >= 0.3 is 0 Å². The average molecular weight is 341 g/mol. The van der Waals surface area contributed by atoms with Gasteiger partial charge in [-0.15, -0.1) is 0 Å². The van der Waals surface area contributed by atoms with E-state index in [1.807, 2.05) is 32.0 Å². The van der Waals surface area contributed by atoms with Gasteiger partial charge in [-0.25, -0.2) is 0 Å². The van der Waals surface area contributed by atoms with Gasteiger partial charge in [-0.1, -0.05) is 44.2 Å². The highest BCUT2D eigenvalue weighted by atomic mass is 32.1. The Morgan fingerprint density at radius 3 is 2.39 bits per heavy atom. The molecule has 0 fully saturated rings. The minimum atomic E-state index is 0.111. The van der Waals surface area contributed by atoms with Crippen molar-refractivity contribution >= 4 is 18.5 Å². The van der Waals surface area contributed by atoms with Crippen LogP contribution in [0.2, 0.25) is 0 Å². The molecule has 0 saturated heterocycles. The zero-order valence-electron chi connectivity index (χ0n) is 14.4. The number of carbonyl (C=O) groups excluding carboxylic acids is 1. The molecule has 0 atom stereocenters. The van der Waals surface area contributed by atoms with E-state index in [1.165, 1.54) is 5.56 Å². The standard InChI is InChI=1S/C15H24N2O2.C3H8S/c18-13-5-10-16-11-12-17-15(19)9-4-8-14-6-2-1-3-7-14;1-3(2)4/h1-3,6-7,16,18H,4-5,8-13H2,(H,17,19);3-4H,1-2H3. The van der Waals surface area contributed by atoms with E-state index in [0.29, 0.717) is 18.2 Å². The molecule has 0 aliphatic carbocycles. The van der Waals surface area contributed by atoms with Crippen molar-refractivity contribution < 1.29 is 9.90 Å². The van der Waals surface area contributed by atoms with Crippen LogP contribution in [-0.2, 0) is 11.2 Å². The number of aliphatic hydroxyl groups is 1. The molecule has 1 aromatic rings. The van der Waals surface area contributed by atoms with Gasteiger partial charge in [-0.3, -0.25) is 4.79 Å². The Bertz CT molecular complexity index is 383. The first-order chi connectivity index (χ1) is 11.1. The molecule has 0 bridgehead atoms. The largest absolute Gasteiger partial charge is 0.396 e. The molecule has 0 aromatic heterocycles. The van der Waals surface area contributed by atoms with Crippen LogP contribution in [0.3, 0.4) is 0 Å². The van der Waals surface area contributed by atoms with Gasteiger partial charge in [-0.2, -0.15) is 12.6 Å². The molecule has 0 unspecified atom stereocenters. The minimum Gasteiger partial charge on any atom is -0.396 e. The Labute approximate surface area is 146 Å². The van der Waals surface area contributed by atoms with E-state index in [0.717, 1.165) is 32.4 Å². The van der Waals surface area contributed by atoms with Crippen LogP contribution < -0.4 is 10.6 Å². The number of carbonyl (C=O) groups is 1. The third-order valence-corrected chi connectivity index (χ3v) is 2.85. The van der Waals surface area contributed by atoms with E-state index in [9.17, 15) is 4.79 Å². The number of rotatable bonds is 10. The highest BCUT2D eigenvalue weighted by Gasteiger charge is 2.00. The second-order valence-electron chi connectivity index (χ2n) is 5.61. The topological polar surface area (TPSA) is 61.4 Å². The van der Waals surface area contributed by atoms with Gasteiger partial charge in [0.25, 0.3) is 0 Å². The lowest BCUT2D eigenvalue weighted by atomic mass is 10.1. The first-order valence-corrected chi connectivity index (χ1v) is 8.88. The van der Waals surface area contributed by atoms with Crippen molar-refractivity contribution in [1.82, 2.24) is 10.6 Å². The first-order valence-electron chi connectivity index (χ1n) is 8.36. The van der Waals surface area contributed by atoms with Crippen LogP contribution >= 0.6 is 12.6 Å². The first kappa shape index (κ1) is 22.0. The zero-order valence-corrected chi connectivity index (χ0v) is 15.3. The lowest BCUT2D eigenvalue weighted by molar-refractivity contribution is -0.121. The SMILES string of the molecule is CC(C)S.O=C(CCCc1ccccc1)NCCNCCCO. The summed E-state index contributed by atoms with van der Waals surface area (Å²) in [6, 6.07) is 10.2. The number of hydrogen-bond donors (Lipinski definition) is 4. The molecule has 0 heterocycles. The van der Waals surface area contributed by atoms with Crippen molar-refractivity contribution in [3.8, 4) is 0 Å². The van der Waals surface area contributed by atoms with Crippen molar-refractivity contribution in [3.63, 3.8) is 0 Å². The Morgan fingerprint density at radius 2 is 1.78 bits per heavy atom. The van der Waals surface area contributed by atoms with Crippen molar-refractivity contribution in [3.05, 3.63) is 35.9 Å². The summed E-state index contributed by atoms with van der Waals surface area (Å²) in [7, 11) is 0. The van der Waals surface area contributed by atoms with E-state index in [1.54, 1.807) is 0 Å². The normalized spacial score (nSPS) is 10.1. The van der Waals surface area contributed by atoms with E-state index in [4.69, 9.17) is 5.11 Å². The van der Waals surface area contributed by atoms with E-state index in [-0.39, 0.29) is 12.5 Å². The second kappa shape index (κ2) is 15.8. The number of hydrogen-bond acceptors (Lipinski definition) is 4. The van der Waals surface area contributed by atoms with Gasteiger partial charge in [0, 0.05) is 26.1 Å².